The molecule has 3 rings (SSSR count). The normalized spacial score (nSPS) is 10.6. The Morgan fingerprint density at radius 1 is 1.29 bits per heavy atom. The predicted molar refractivity (Wildman–Crippen MR) is 57.3 cm³/mol. The van der Waals surface area contributed by atoms with Crippen LogP contribution in [0.4, 0.5) is 5.69 Å². The summed E-state index contributed by atoms with van der Waals surface area (Å²) >= 11 is 0. The maximum Gasteiger partial charge on any atom is 0.259 e. The number of aromatic amines is 1. The molecule has 3 N–H and O–H groups in total. The summed E-state index contributed by atoms with van der Waals surface area (Å²) in [5, 5.41) is 10.1. The molecule has 0 radical (unpaired) electrons. The SMILES string of the molecule is Nc1cncc(-c2nc(-c3ncn[nH]3)no2)c1. The molecule has 3 aromatic rings. The van der Waals surface area contributed by atoms with Crippen LogP contribution in [0.25, 0.3) is 23.1 Å². The highest BCUT2D eigenvalue weighted by molar-refractivity contribution is 5.59. The molecule has 0 saturated heterocycles. The molecule has 0 unspecified atom stereocenters. The van der Waals surface area contributed by atoms with Gasteiger partial charge in [-0.1, -0.05) is 5.16 Å². The summed E-state index contributed by atoms with van der Waals surface area (Å²) in [5.41, 5.74) is 6.80. The van der Waals surface area contributed by atoms with Crippen molar-refractivity contribution in [2.75, 3.05) is 5.73 Å². The molecule has 0 aliphatic carbocycles. The maximum absolute atomic E-state index is 5.62. The van der Waals surface area contributed by atoms with Gasteiger partial charge in [0.1, 0.15) is 6.33 Å². The standard InChI is InChI=1S/C9H7N7O/c10-6-1-5(2-11-3-6)9-14-8(16-17-9)7-12-4-13-15-7/h1-4H,10H2,(H,12,13,15). The van der Waals surface area contributed by atoms with Crippen molar-refractivity contribution in [2.24, 2.45) is 0 Å². The van der Waals surface area contributed by atoms with Crippen molar-refractivity contribution in [1.29, 1.82) is 0 Å². The Hall–Kier alpha value is -2.77. The third-order valence-corrected chi connectivity index (χ3v) is 2.06. The van der Waals surface area contributed by atoms with Gasteiger partial charge in [-0.15, -0.1) is 0 Å². The quantitative estimate of drug-likeness (QED) is 0.656. The zero-order valence-corrected chi connectivity index (χ0v) is 8.53. The molecule has 0 amide bonds. The number of nitrogen functional groups attached to an aromatic ring is 1. The Balaban J connectivity index is 2.01. The van der Waals surface area contributed by atoms with Crippen molar-refractivity contribution >= 4 is 5.69 Å². The minimum atomic E-state index is 0.330. The van der Waals surface area contributed by atoms with Gasteiger partial charge in [0, 0.05) is 12.4 Å². The number of nitrogens with one attached hydrogen (secondary N) is 1. The molecule has 0 saturated carbocycles. The van der Waals surface area contributed by atoms with Gasteiger partial charge in [0.2, 0.25) is 5.82 Å². The zero-order chi connectivity index (χ0) is 11.7. The first-order valence-corrected chi connectivity index (χ1v) is 4.73. The fourth-order valence-corrected chi connectivity index (χ4v) is 1.32. The van der Waals surface area contributed by atoms with E-state index in [0.717, 1.165) is 0 Å². The summed E-state index contributed by atoms with van der Waals surface area (Å²) in [4.78, 5) is 12.0. The van der Waals surface area contributed by atoms with Gasteiger partial charge in [0.05, 0.1) is 11.3 Å². The molecule has 8 nitrogen and oxygen atoms in total. The van der Waals surface area contributed by atoms with Crippen LogP contribution in [0.5, 0.6) is 0 Å². The topological polar surface area (TPSA) is 119 Å². The van der Waals surface area contributed by atoms with Crippen LogP contribution in [-0.2, 0) is 0 Å². The molecule has 0 bridgehead atoms. The van der Waals surface area contributed by atoms with Gasteiger partial charge < -0.3 is 10.3 Å². The Morgan fingerprint density at radius 2 is 2.24 bits per heavy atom. The van der Waals surface area contributed by atoms with E-state index in [1.165, 1.54) is 12.5 Å². The molecular formula is C9H7N7O. The van der Waals surface area contributed by atoms with Crippen LogP contribution < -0.4 is 5.73 Å². The molecule has 0 aliphatic rings. The molecule has 0 aliphatic heterocycles. The molecule has 84 valence electrons. The van der Waals surface area contributed by atoms with Crippen LogP contribution in [0.2, 0.25) is 0 Å². The summed E-state index contributed by atoms with van der Waals surface area (Å²) < 4.78 is 5.09. The minimum Gasteiger partial charge on any atom is -0.397 e. The lowest BCUT2D eigenvalue weighted by Crippen LogP contribution is -1.88. The van der Waals surface area contributed by atoms with Crippen molar-refractivity contribution in [3.8, 4) is 23.1 Å². The Bertz CT molecular complexity index is 630. The van der Waals surface area contributed by atoms with E-state index < -0.39 is 0 Å². The summed E-state index contributed by atoms with van der Waals surface area (Å²) in [6, 6.07) is 1.70. The van der Waals surface area contributed by atoms with Gasteiger partial charge in [-0.2, -0.15) is 10.1 Å². The van der Waals surface area contributed by atoms with Crippen LogP contribution in [-0.4, -0.2) is 30.3 Å². The van der Waals surface area contributed by atoms with Crippen LogP contribution in [0.3, 0.4) is 0 Å². The number of anilines is 1. The number of pyridine rings is 1. The largest absolute Gasteiger partial charge is 0.397 e. The van der Waals surface area contributed by atoms with E-state index in [1.807, 2.05) is 0 Å². The third-order valence-electron chi connectivity index (χ3n) is 2.06. The van der Waals surface area contributed by atoms with E-state index in [1.54, 1.807) is 12.3 Å². The molecule has 0 spiro atoms. The van der Waals surface area contributed by atoms with Gasteiger partial charge in [-0.3, -0.25) is 10.1 Å². The fraction of sp³-hybridized carbons (Fsp3) is 0. The second-order valence-electron chi connectivity index (χ2n) is 3.26. The van der Waals surface area contributed by atoms with E-state index in [0.29, 0.717) is 28.8 Å². The number of hydrogen-bond acceptors (Lipinski definition) is 7. The highest BCUT2D eigenvalue weighted by Crippen LogP contribution is 2.20. The average Bonchev–Trinajstić information content (AvgIpc) is 3.00. The molecule has 17 heavy (non-hydrogen) atoms. The minimum absolute atomic E-state index is 0.330. The van der Waals surface area contributed by atoms with Crippen LogP contribution in [0.15, 0.2) is 29.3 Å². The lowest BCUT2D eigenvalue weighted by molar-refractivity contribution is 0.432. The number of rotatable bonds is 2. The monoisotopic (exact) mass is 229 g/mol. The molecule has 3 aromatic heterocycles. The Labute approximate surface area is 94.9 Å². The Kier molecular flexibility index (Phi) is 2.04. The van der Waals surface area contributed by atoms with E-state index in [2.05, 4.69) is 30.3 Å². The molecule has 3 heterocycles. The van der Waals surface area contributed by atoms with Crippen molar-refractivity contribution in [3.63, 3.8) is 0 Å². The third kappa shape index (κ3) is 1.71. The van der Waals surface area contributed by atoms with Gasteiger partial charge in [0.15, 0.2) is 5.82 Å². The van der Waals surface area contributed by atoms with Gasteiger partial charge in [0.25, 0.3) is 5.89 Å². The van der Waals surface area contributed by atoms with Crippen LogP contribution >= 0.6 is 0 Å². The van der Waals surface area contributed by atoms with E-state index >= 15 is 0 Å². The number of hydrogen-bond donors (Lipinski definition) is 2. The van der Waals surface area contributed by atoms with E-state index in [9.17, 15) is 0 Å². The highest BCUT2D eigenvalue weighted by atomic mass is 16.5. The molecule has 0 aromatic carbocycles. The van der Waals surface area contributed by atoms with Crippen molar-refractivity contribution in [1.82, 2.24) is 30.3 Å². The number of nitrogens with zero attached hydrogens (tertiary/aromatic N) is 5. The second-order valence-corrected chi connectivity index (χ2v) is 3.26. The maximum atomic E-state index is 5.62. The summed E-state index contributed by atoms with van der Waals surface area (Å²) in [5.74, 6) is 1.10. The lowest BCUT2D eigenvalue weighted by atomic mass is 10.2. The number of H-pyrrole nitrogens is 1. The highest BCUT2D eigenvalue weighted by Gasteiger charge is 2.12. The second kappa shape index (κ2) is 3.67. The number of aromatic nitrogens is 6. The summed E-state index contributed by atoms with van der Waals surface area (Å²) in [6.45, 7) is 0. The first kappa shape index (κ1) is 9.46. The van der Waals surface area contributed by atoms with Crippen LogP contribution in [0, 0.1) is 0 Å². The average molecular weight is 229 g/mol. The van der Waals surface area contributed by atoms with Crippen molar-refractivity contribution in [2.45, 2.75) is 0 Å². The molecular weight excluding hydrogens is 222 g/mol. The molecule has 8 heteroatoms. The van der Waals surface area contributed by atoms with Gasteiger partial charge in [-0.05, 0) is 6.07 Å². The van der Waals surface area contributed by atoms with Gasteiger partial charge >= 0.3 is 0 Å². The smallest absolute Gasteiger partial charge is 0.259 e. The van der Waals surface area contributed by atoms with E-state index in [-0.39, 0.29) is 0 Å². The first-order valence-electron chi connectivity index (χ1n) is 4.73. The molecule has 0 atom stereocenters. The summed E-state index contributed by atoms with van der Waals surface area (Å²) in [6.07, 6.45) is 4.50. The predicted octanol–water partition coefficient (Wildman–Crippen LogP) is 0.499. The fourth-order valence-electron chi connectivity index (χ4n) is 1.32. The van der Waals surface area contributed by atoms with E-state index in [4.69, 9.17) is 10.3 Å². The van der Waals surface area contributed by atoms with Gasteiger partial charge in [-0.25, -0.2) is 4.98 Å². The summed E-state index contributed by atoms with van der Waals surface area (Å²) in [7, 11) is 0. The van der Waals surface area contributed by atoms with Crippen molar-refractivity contribution < 1.29 is 4.52 Å². The van der Waals surface area contributed by atoms with Crippen LogP contribution in [0.1, 0.15) is 0 Å². The lowest BCUT2D eigenvalue weighted by Gasteiger charge is -1.94. The molecule has 0 fully saturated rings. The first-order chi connectivity index (χ1) is 8.33. The van der Waals surface area contributed by atoms with Crippen molar-refractivity contribution in [3.05, 3.63) is 24.8 Å². The zero-order valence-electron chi connectivity index (χ0n) is 8.53. The Morgan fingerprint density at radius 3 is 3.00 bits per heavy atom. The number of nitrogens with two attached hydrogens (primary N) is 1.